The van der Waals surface area contributed by atoms with Gasteiger partial charge in [-0.25, -0.2) is 8.42 Å². The van der Waals surface area contributed by atoms with Gasteiger partial charge in [0, 0.05) is 11.6 Å². The van der Waals surface area contributed by atoms with Crippen molar-refractivity contribution < 1.29 is 17.7 Å². The number of aromatic nitrogens is 5. The number of sulfonamides is 1. The summed E-state index contributed by atoms with van der Waals surface area (Å²) in [5, 5.41) is 29.8. The molecular weight excluding hydrogens is 484 g/mol. The molecular formula is C23H16N8O4S. The van der Waals surface area contributed by atoms with Gasteiger partial charge in [0.15, 0.2) is 11.3 Å². The predicted molar refractivity (Wildman–Crippen MR) is 129 cm³/mol. The SMILES string of the molecule is N#Cc1ccc(NC(=O)c2noc3cc(NS(=O)(=O)Cc4ccccc4)ccc23)c(-c2nn[nH]n2)c1. The van der Waals surface area contributed by atoms with Crippen molar-refractivity contribution in [3.05, 3.63) is 83.6 Å². The number of H-pyrrole nitrogens is 1. The summed E-state index contributed by atoms with van der Waals surface area (Å²) in [6, 6.07) is 19.9. The number of benzene rings is 3. The lowest BCUT2D eigenvalue weighted by molar-refractivity contribution is 0.102. The van der Waals surface area contributed by atoms with Gasteiger partial charge in [-0.15, -0.1) is 10.2 Å². The topological polar surface area (TPSA) is 180 Å². The minimum atomic E-state index is -3.67. The van der Waals surface area contributed by atoms with E-state index in [2.05, 4.69) is 35.8 Å². The van der Waals surface area contributed by atoms with Gasteiger partial charge < -0.3 is 9.84 Å². The summed E-state index contributed by atoms with van der Waals surface area (Å²) in [4.78, 5) is 13.0. The first-order valence-electron chi connectivity index (χ1n) is 10.4. The van der Waals surface area contributed by atoms with Crippen LogP contribution in [-0.2, 0) is 15.8 Å². The van der Waals surface area contributed by atoms with Gasteiger partial charge in [0.25, 0.3) is 5.91 Å². The number of fused-ring (bicyclic) bond motifs is 1. The molecule has 2 aromatic heterocycles. The van der Waals surface area contributed by atoms with Crippen molar-refractivity contribution in [1.82, 2.24) is 25.8 Å². The van der Waals surface area contributed by atoms with Crippen molar-refractivity contribution in [2.45, 2.75) is 5.75 Å². The standard InChI is InChI=1S/C23H16N8O4S/c24-12-15-6-9-19(18(10-15)22-26-30-31-27-22)25-23(32)21-17-8-7-16(11-20(17)35-28-21)29-36(33,34)13-14-4-2-1-3-5-14/h1-11,29H,13H2,(H,25,32)(H,26,27,30,31). The van der Waals surface area contributed by atoms with E-state index in [1.165, 1.54) is 24.3 Å². The van der Waals surface area contributed by atoms with Gasteiger partial charge in [0.05, 0.1) is 34.1 Å². The van der Waals surface area contributed by atoms with Crippen LogP contribution in [0.3, 0.4) is 0 Å². The van der Waals surface area contributed by atoms with E-state index in [0.717, 1.165) is 0 Å². The summed E-state index contributed by atoms with van der Waals surface area (Å²) < 4.78 is 32.9. The monoisotopic (exact) mass is 500 g/mol. The molecule has 0 radical (unpaired) electrons. The number of tetrazole rings is 1. The summed E-state index contributed by atoms with van der Waals surface area (Å²) in [7, 11) is -3.67. The first-order chi connectivity index (χ1) is 17.4. The Balaban J connectivity index is 1.38. The first kappa shape index (κ1) is 22.7. The van der Waals surface area contributed by atoms with E-state index in [9.17, 15) is 18.5 Å². The number of hydrogen-bond donors (Lipinski definition) is 3. The van der Waals surface area contributed by atoms with E-state index in [0.29, 0.717) is 27.8 Å². The molecule has 178 valence electrons. The van der Waals surface area contributed by atoms with Crippen molar-refractivity contribution in [2.24, 2.45) is 0 Å². The number of nitriles is 1. The zero-order valence-electron chi connectivity index (χ0n) is 18.3. The quantitative estimate of drug-likeness (QED) is 0.303. The molecule has 0 saturated heterocycles. The lowest BCUT2D eigenvalue weighted by Gasteiger charge is -2.09. The van der Waals surface area contributed by atoms with Crippen LogP contribution in [0, 0.1) is 11.3 Å². The molecule has 3 N–H and O–H groups in total. The van der Waals surface area contributed by atoms with Gasteiger partial charge in [-0.3, -0.25) is 9.52 Å². The zero-order valence-corrected chi connectivity index (χ0v) is 19.2. The largest absolute Gasteiger partial charge is 0.355 e. The Morgan fingerprint density at radius 3 is 2.67 bits per heavy atom. The second kappa shape index (κ2) is 9.28. The second-order valence-electron chi connectivity index (χ2n) is 7.65. The molecule has 12 nitrogen and oxygen atoms in total. The maximum Gasteiger partial charge on any atom is 0.278 e. The fourth-order valence-corrected chi connectivity index (χ4v) is 4.73. The number of nitrogens with zero attached hydrogens (tertiary/aromatic N) is 5. The number of aromatic amines is 1. The maximum absolute atomic E-state index is 13.0. The first-order valence-corrected chi connectivity index (χ1v) is 12.1. The summed E-state index contributed by atoms with van der Waals surface area (Å²) in [6.45, 7) is 0. The van der Waals surface area contributed by atoms with Crippen LogP contribution >= 0.6 is 0 Å². The van der Waals surface area contributed by atoms with Crippen LogP contribution in [0.1, 0.15) is 21.6 Å². The van der Waals surface area contributed by atoms with E-state index < -0.39 is 15.9 Å². The van der Waals surface area contributed by atoms with Gasteiger partial charge >= 0.3 is 0 Å². The number of anilines is 2. The van der Waals surface area contributed by atoms with Gasteiger partial charge in [-0.05, 0) is 41.1 Å². The highest BCUT2D eigenvalue weighted by molar-refractivity contribution is 7.91. The highest BCUT2D eigenvalue weighted by Crippen LogP contribution is 2.28. The second-order valence-corrected chi connectivity index (χ2v) is 9.37. The Bertz CT molecular complexity index is 1710. The third-order valence-electron chi connectivity index (χ3n) is 5.14. The fourth-order valence-electron chi connectivity index (χ4n) is 3.54. The summed E-state index contributed by atoms with van der Waals surface area (Å²) in [5.74, 6) is -0.580. The predicted octanol–water partition coefficient (Wildman–Crippen LogP) is 3.07. The van der Waals surface area contributed by atoms with E-state index in [1.807, 2.05) is 12.1 Å². The molecule has 2 heterocycles. The molecule has 0 unspecified atom stereocenters. The number of amides is 1. The smallest absolute Gasteiger partial charge is 0.278 e. The van der Waals surface area contributed by atoms with E-state index in [1.54, 1.807) is 36.4 Å². The molecule has 5 rings (SSSR count). The normalized spacial score (nSPS) is 11.2. The molecule has 13 heteroatoms. The van der Waals surface area contributed by atoms with Gasteiger partial charge in [-0.2, -0.15) is 10.5 Å². The molecule has 0 saturated carbocycles. The Hall–Kier alpha value is -5.09. The molecule has 36 heavy (non-hydrogen) atoms. The van der Waals surface area contributed by atoms with Crippen molar-refractivity contribution >= 4 is 38.3 Å². The minimum Gasteiger partial charge on any atom is -0.355 e. The molecule has 1 amide bonds. The number of carbonyl (C=O) groups excluding carboxylic acids is 1. The summed E-state index contributed by atoms with van der Waals surface area (Å²) in [5.41, 5.74) is 2.20. The van der Waals surface area contributed by atoms with Crippen molar-refractivity contribution in [1.29, 1.82) is 5.26 Å². The molecule has 0 aliphatic rings. The molecule has 0 aliphatic heterocycles. The Labute approximate surface area is 204 Å². The van der Waals surface area contributed by atoms with Crippen molar-refractivity contribution in [2.75, 3.05) is 10.0 Å². The van der Waals surface area contributed by atoms with Crippen LogP contribution in [-0.4, -0.2) is 40.1 Å². The third kappa shape index (κ3) is 4.74. The highest BCUT2D eigenvalue weighted by Gasteiger charge is 2.20. The zero-order chi connectivity index (χ0) is 25.1. The Morgan fingerprint density at radius 1 is 1.08 bits per heavy atom. The fraction of sp³-hybridized carbons (Fsp3) is 0.0435. The Morgan fingerprint density at radius 2 is 1.92 bits per heavy atom. The highest BCUT2D eigenvalue weighted by atomic mass is 32.2. The maximum atomic E-state index is 13.0. The molecule has 0 spiro atoms. The number of carbonyl (C=O) groups is 1. The van der Waals surface area contributed by atoms with Crippen LogP contribution in [0.4, 0.5) is 11.4 Å². The van der Waals surface area contributed by atoms with Crippen LogP contribution in [0.25, 0.3) is 22.4 Å². The minimum absolute atomic E-state index is 0.00730. The van der Waals surface area contributed by atoms with Crippen LogP contribution in [0.5, 0.6) is 0 Å². The van der Waals surface area contributed by atoms with Crippen LogP contribution < -0.4 is 10.0 Å². The lowest BCUT2D eigenvalue weighted by Crippen LogP contribution is -2.15. The van der Waals surface area contributed by atoms with Crippen molar-refractivity contribution in [3.63, 3.8) is 0 Å². The molecule has 0 atom stereocenters. The average Bonchev–Trinajstić information content (AvgIpc) is 3.54. The molecule has 0 bridgehead atoms. The third-order valence-corrected chi connectivity index (χ3v) is 6.40. The number of nitrogens with one attached hydrogen (secondary N) is 3. The van der Waals surface area contributed by atoms with Gasteiger partial charge in [0.1, 0.15) is 0 Å². The Kier molecular flexibility index (Phi) is 5.85. The van der Waals surface area contributed by atoms with E-state index >= 15 is 0 Å². The molecule has 5 aromatic rings. The summed E-state index contributed by atoms with van der Waals surface area (Å²) >= 11 is 0. The number of hydrogen-bond acceptors (Lipinski definition) is 9. The van der Waals surface area contributed by atoms with Gasteiger partial charge in [-0.1, -0.05) is 35.5 Å². The van der Waals surface area contributed by atoms with Crippen LogP contribution in [0.2, 0.25) is 0 Å². The molecule has 0 fully saturated rings. The molecule has 3 aromatic carbocycles. The lowest BCUT2D eigenvalue weighted by atomic mass is 10.1. The van der Waals surface area contributed by atoms with Crippen molar-refractivity contribution in [3.8, 4) is 17.5 Å². The van der Waals surface area contributed by atoms with E-state index in [4.69, 9.17) is 4.52 Å². The summed E-state index contributed by atoms with van der Waals surface area (Å²) in [6.07, 6.45) is 0. The van der Waals surface area contributed by atoms with E-state index in [-0.39, 0.29) is 28.5 Å². The van der Waals surface area contributed by atoms with Gasteiger partial charge in [0.2, 0.25) is 15.8 Å². The number of rotatable bonds is 7. The molecule has 0 aliphatic carbocycles. The average molecular weight is 501 g/mol. The van der Waals surface area contributed by atoms with Crippen LogP contribution in [0.15, 0.2) is 71.3 Å².